The Labute approximate surface area is 159 Å². The molecule has 0 spiro atoms. The maximum Gasteiger partial charge on any atom is 0.326 e. The van der Waals surface area contributed by atoms with Crippen LogP contribution in [-0.2, 0) is 20.8 Å². The standard InChI is InChI=1S/C19H28N4O4/c1-12(2)16(20)18(25)23-15(9-6-10-21-23)17(24)22-14(19(26)27)11-13-7-4-3-5-8-13/h3-5,7-8,12,14-16,21H,6,9-11,20H2,1-2H3,(H,22,24)(H,26,27)/t14-,15-,16-/m0/s1. The van der Waals surface area contributed by atoms with Crippen LogP contribution >= 0.6 is 0 Å². The van der Waals surface area contributed by atoms with E-state index in [9.17, 15) is 19.5 Å². The normalized spacial score (nSPS) is 19.4. The molecule has 148 valence electrons. The molecule has 1 saturated heterocycles. The lowest BCUT2D eigenvalue weighted by molar-refractivity contribution is -0.150. The molecule has 1 aromatic rings. The van der Waals surface area contributed by atoms with Crippen molar-refractivity contribution in [3.8, 4) is 0 Å². The number of aliphatic carboxylic acids is 1. The van der Waals surface area contributed by atoms with Gasteiger partial charge < -0.3 is 16.2 Å². The summed E-state index contributed by atoms with van der Waals surface area (Å²) in [6, 6.07) is 6.50. The second-order valence-corrected chi connectivity index (χ2v) is 7.13. The smallest absolute Gasteiger partial charge is 0.326 e. The Balaban J connectivity index is 2.10. The van der Waals surface area contributed by atoms with Crippen LogP contribution < -0.4 is 16.5 Å². The van der Waals surface area contributed by atoms with Crippen molar-refractivity contribution in [1.29, 1.82) is 0 Å². The van der Waals surface area contributed by atoms with Crippen molar-refractivity contribution in [1.82, 2.24) is 15.8 Å². The van der Waals surface area contributed by atoms with Crippen molar-refractivity contribution >= 4 is 17.8 Å². The first kappa shape index (κ1) is 20.9. The summed E-state index contributed by atoms with van der Waals surface area (Å²) < 4.78 is 0. The summed E-state index contributed by atoms with van der Waals surface area (Å²) in [6.45, 7) is 4.23. The highest BCUT2D eigenvalue weighted by Crippen LogP contribution is 2.15. The molecule has 0 bridgehead atoms. The molecule has 1 heterocycles. The Hall–Kier alpha value is -2.45. The van der Waals surface area contributed by atoms with Crippen molar-refractivity contribution in [3.63, 3.8) is 0 Å². The van der Waals surface area contributed by atoms with Crippen LogP contribution in [0.25, 0.3) is 0 Å². The zero-order valence-electron chi connectivity index (χ0n) is 15.7. The van der Waals surface area contributed by atoms with Gasteiger partial charge in [-0.25, -0.2) is 10.2 Å². The van der Waals surface area contributed by atoms with Crippen molar-refractivity contribution in [2.24, 2.45) is 11.7 Å². The molecule has 1 aliphatic heterocycles. The average molecular weight is 376 g/mol. The van der Waals surface area contributed by atoms with Gasteiger partial charge in [-0.2, -0.15) is 0 Å². The fourth-order valence-corrected chi connectivity index (χ4v) is 2.98. The van der Waals surface area contributed by atoms with E-state index in [1.165, 1.54) is 5.01 Å². The second kappa shape index (κ2) is 9.48. The molecule has 2 rings (SSSR count). The Bertz CT molecular complexity index is 665. The van der Waals surface area contributed by atoms with Gasteiger partial charge in [0.2, 0.25) is 5.91 Å². The number of carbonyl (C=O) groups excluding carboxylic acids is 2. The average Bonchev–Trinajstić information content (AvgIpc) is 2.66. The number of hydrogen-bond acceptors (Lipinski definition) is 5. The number of carboxylic acids is 1. The fraction of sp³-hybridized carbons (Fsp3) is 0.526. The zero-order valence-corrected chi connectivity index (χ0v) is 15.7. The number of nitrogens with two attached hydrogens (primary N) is 1. The van der Waals surface area contributed by atoms with Crippen LogP contribution in [-0.4, -0.2) is 52.6 Å². The first-order chi connectivity index (χ1) is 12.8. The maximum absolute atomic E-state index is 12.8. The van der Waals surface area contributed by atoms with Crippen LogP contribution in [0.1, 0.15) is 32.3 Å². The number of benzene rings is 1. The maximum atomic E-state index is 12.8. The van der Waals surface area contributed by atoms with Gasteiger partial charge in [-0.3, -0.25) is 14.6 Å². The molecule has 1 aliphatic rings. The molecule has 2 amide bonds. The van der Waals surface area contributed by atoms with Gasteiger partial charge in [-0.1, -0.05) is 44.2 Å². The Kier molecular flexibility index (Phi) is 7.32. The number of nitrogens with one attached hydrogen (secondary N) is 2. The number of rotatable bonds is 7. The number of nitrogens with zero attached hydrogens (tertiary/aromatic N) is 1. The molecule has 5 N–H and O–H groups in total. The van der Waals surface area contributed by atoms with Gasteiger partial charge in [-0.15, -0.1) is 0 Å². The predicted molar refractivity (Wildman–Crippen MR) is 100 cm³/mol. The minimum absolute atomic E-state index is 0.0743. The van der Waals surface area contributed by atoms with Crippen molar-refractivity contribution in [2.45, 2.75) is 51.2 Å². The summed E-state index contributed by atoms with van der Waals surface area (Å²) in [4.78, 5) is 37.0. The third-order valence-electron chi connectivity index (χ3n) is 4.69. The quantitative estimate of drug-likeness (QED) is 0.542. The number of amides is 2. The third-order valence-corrected chi connectivity index (χ3v) is 4.69. The predicted octanol–water partition coefficient (Wildman–Crippen LogP) is 0.277. The summed E-state index contributed by atoms with van der Waals surface area (Å²) >= 11 is 0. The third kappa shape index (κ3) is 5.51. The van der Waals surface area contributed by atoms with E-state index in [2.05, 4.69) is 10.7 Å². The second-order valence-electron chi connectivity index (χ2n) is 7.13. The van der Waals surface area contributed by atoms with Crippen LogP contribution in [0.4, 0.5) is 0 Å². The largest absolute Gasteiger partial charge is 0.480 e. The lowest BCUT2D eigenvalue weighted by atomic mass is 10.0. The molecule has 3 atom stereocenters. The number of carbonyl (C=O) groups is 3. The molecular weight excluding hydrogens is 348 g/mol. The molecule has 0 aliphatic carbocycles. The molecule has 27 heavy (non-hydrogen) atoms. The van der Waals surface area contributed by atoms with Gasteiger partial charge in [0.05, 0.1) is 6.04 Å². The topological polar surface area (TPSA) is 125 Å². The Morgan fingerprint density at radius 1 is 1.30 bits per heavy atom. The van der Waals surface area contributed by atoms with Crippen LogP contribution in [0.5, 0.6) is 0 Å². The molecule has 8 heteroatoms. The number of hydrogen-bond donors (Lipinski definition) is 4. The zero-order chi connectivity index (χ0) is 20.0. The van der Waals surface area contributed by atoms with Crippen LogP contribution in [0.3, 0.4) is 0 Å². The molecule has 8 nitrogen and oxygen atoms in total. The van der Waals surface area contributed by atoms with Gasteiger partial charge in [0.25, 0.3) is 5.91 Å². The van der Waals surface area contributed by atoms with Gasteiger partial charge >= 0.3 is 5.97 Å². The minimum Gasteiger partial charge on any atom is -0.480 e. The van der Waals surface area contributed by atoms with E-state index in [-0.39, 0.29) is 18.2 Å². The van der Waals surface area contributed by atoms with Crippen molar-refractivity contribution in [2.75, 3.05) is 6.54 Å². The Morgan fingerprint density at radius 2 is 1.96 bits per heavy atom. The molecular formula is C19H28N4O4. The number of carboxylic acid groups (broad SMARTS) is 1. The van der Waals surface area contributed by atoms with Crippen molar-refractivity contribution < 1.29 is 19.5 Å². The summed E-state index contributed by atoms with van der Waals surface area (Å²) in [7, 11) is 0. The monoisotopic (exact) mass is 376 g/mol. The SMILES string of the molecule is CC(C)[C@H](N)C(=O)N1NCCC[C@H]1C(=O)N[C@@H](Cc1ccccc1)C(=O)O. The summed E-state index contributed by atoms with van der Waals surface area (Å²) in [6.07, 6.45) is 1.32. The highest BCUT2D eigenvalue weighted by atomic mass is 16.4. The van der Waals surface area contributed by atoms with E-state index in [4.69, 9.17) is 5.73 Å². The molecule has 1 aromatic carbocycles. The number of hydrazine groups is 1. The highest BCUT2D eigenvalue weighted by molar-refractivity contribution is 5.91. The summed E-state index contributed by atoms with van der Waals surface area (Å²) in [5, 5.41) is 13.3. The lowest BCUT2D eigenvalue weighted by Gasteiger charge is -2.37. The van der Waals surface area contributed by atoms with Crippen LogP contribution in [0.15, 0.2) is 30.3 Å². The molecule has 0 aromatic heterocycles. The van der Waals surface area contributed by atoms with E-state index >= 15 is 0 Å². The van der Waals surface area contributed by atoms with Gasteiger partial charge in [0.1, 0.15) is 12.1 Å². The highest BCUT2D eigenvalue weighted by Gasteiger charge is 2.36. The van der Waals surface area contributed by atoms with E-state index in [0.717, 1.165) is 5.56 Å². The summed E-state index contributed by atoms with van der Waals surface area (Å²) in [5.41, 5.74) is 9.69. The molecule has 0 saturated carbocycles. The fourth-order valence-electron chi connectivity index (χ4n) is 2.98. The van der Waals surface area contributed by atoms with Crippen LogP contribution in [0, 0.1) is 5.92 Å². The van der Waals surface area contributed by atoms with Gasteiger partial charge in [0, 0.05) is 13.0 Å². The van der Waals surface area contributed by atoms with E-state index < -0.39 is 30.0 Å². The first-order valence-electron chi connectivity index (χ1n) is 9.20. The van der Waals surface area contributed by atoms with E-state index in [1.807, 2.05) is 44.2 Å². The van der Waals surface area contributed by atoms with E-state index in [0.29, 0.717) is 19.4 Å². The first-order valence-corrected chi connectivity index (χ1v) is 9.20. The lowest BCUT2D eigenvalue weighted by Crippen LogP contribution is -2.63. The van der Waals surface area contributed by atoms with Crippen LogP contribution in [0.2, 0.25) is 0 Å². The Morgan fingerprint density at radius 3 is 2.56 bits per heavy atom. The van der Waals surface area contributed by atoms with E-state index in [1.54, 1.807) is 0 Å². The molecule has 0 radical (unpaired) electrons. The molecule has 0 unspecified atom stereocenters. The van der Waals surface area contributed by atoms with Gasteiger partial charge in [-0.05, 0) is 24.3 Å². The minimum atomic E-state index is -1.12. The van der Waals surface area contributed by atoms with Crippen molar-refractivity contribution in [3.05, 3.63) is 35.9 Å². The van der Waals surface area contributed by atoms with Gasteiger partial charge in [0.15, 0.2) is 0 Å². The summed E-state index contributed by atoms with van der Waals surface area (Å²) in [5.74, 6) is -2.04. The molecule has 1 fully saturated rings.